The fraction of sp³-hybridized carbons (Fsp3) is 0.385. The third kappa shape index (κ3) is 4.37. The van der Waals surface area contributed by atoms with Gasteiger partial charge in [-0.25, -0.2) is 4.79 Å². The number of hydrogen-bond donors (Lipinski definition) is 2. The van der Waals surface area contributed by atoms with Crippen molar-refractivity contribution in [2.75, 3.05) is 6.54 Å². The number of nitrogens with one attached hydrogen (secondary N) is 1. The first-order chi connectivity index (χ1) is 9.66. The van der Waals surface area contributed by atoms with Crippen LogP contribution in [-0.4, -0.2) is 29.6 Å². The van der Waals surface area contributed by atoms with Gasteiger partial charge < -0.3 is 15.2 Å². The standard InChI is InChI=1S/C13H14F3NO4/c1-3-17-11(18)7(2)21-10-5-4-8(12(19)20)6-9(10)13(14,15)16/h4-7H,3H2,1-2H3,(H,17,18)(H,19,20). The van der Waals surface area contributed by atoms with Crippen LogP contribution in [0, 0.1) is 0 Å². The highest BCUT2D eigenvalue weighted by Gasteiger charge is 2.36. The van der Waals surface area contributed by atoms with E-state index in [0.29, 0.717) is 12.6 Å². The van der Waals surface area contributed by atoms with Gasteiger partial charge in [0.25, 0.3) is 5.91 Å². The Morgan fingerprint density at radius 2 is 2.00 bits per heavy atom. The lowest BCUT2D eigenvalue weighted by Crippen LogP contribution is -2.36. The Bertz CT molecular complexity index is 543. The smallest absolute Gasteiger partial charge is 0.419 e. The molecule has 116 valence electrons. The number of hydrogen-bond acceptors (Lipinski definition) is 3. The van der Waals surface area contributed by atoms with Crippen LogP contribution in [0.2, 0.25) is 0 Å². The third-order valence-corrected chi connectivity index (χ3v) is 2.56. The van der Waals surface area contributed by atoms with Crippen molar-refractivity contribution in [2.45, 2.75) is 26.1 Å². The molecule has 0 aliphatic carbocycles. The fourth-order valence-electron chi connectivity index (χ4n) is 1.55. The summed E-state index contributed by atoms with van der Waals surface area (Å²) in [6, 6.07) is 2.35. The highest BCUT2D eigenvalue weighted by Crippen LogP contribution is 2.37. The summed E-state index contributed by atoms with van der Waals surface area (Å²) in [5, 5.41) is 11.1. The summed E-state index contributed by atoms with van der Waals surface area (Å²) in [4.78, 5) is 22.2. The lowest BCUT2D eigenvalue weighted by molar-refractivity contribution is -0.140. The van der Waals surface area contributed by atoms with Crippen LogP contribution in [0.25, 0.3) is 0 Å². The summed E-state index contributed by atoms with van der Waals surface area (Å²) in [5.74, 6) is -2.64. The van der Waals surface area contributed by atoms with E-state index in [-0.39, 0.29) is 0 Å². The average molecular weight is 305 g/mol. The van der Waals surface area contributed by atoms with Crippen LogP contribution in [0.3, 0.4) is 0 Å². The average Bonchev–Trinajstić information content (AvgIpc) is 2.37. The molecule has 1 aromatic carbocycles. The van der Waals surface area contributed by atoms with E-state index in [9.17, 15) is 22.8 Å². The van der Waals surface area contributed by atoms with E-state index in [1.54, 1.807) is 6.92 Å². The Kier molecular flexibility index (Phi) is 5.17. The lowest BCUT2D eigenvalue weighted by Gasteiger charge is -2.18. The first kappa shape index (κ1) is 16.8. The molecule has 1 aromatic rings. The molecule has 1 atom stereocenters. The first-order valence-electron chi connectivity index (χ1n) is 6.05. The number of likely N-dealkylation sites (N-methyl/N-ethyl adjacent to an activating group) is 1. The minimum absolute atomic E-state index is 0.316. The number of halogens is 3. The highest BCUT2D eigenvalue weighted by atomic mass is 19.4. The molecule has 0 saturated heterocycles. The second-order valence-electron chi connectivity index (χ2n) is 4.17. The molecule has 0 saturated carbocycles. The summed E-state index contributed by atoms with van der Waals surface area (Å²) in [6.45, 7) is 3.28. The molecule has 0 heterocycles. The maximum Gasteiger partial charge on any atom is 0.419 e. The van der Waals surface area contributed by atoms with Gasteiger partial charge in [-0.15, -0.1) is 0 Å². The number of carbonyl (C=O) groups excluding carboxylic acids is 1. The van der Waals surface area contributed by atoms with Crippen molar-refractivity contribution in [3.63, 3.8) is 0 Å². The van der Waals surface area contributed by atoms with E-state index in [0.717, 1.165) is 12.1 Å². The van der Waals surface area contributed by atoms with Gasteiger partial charge in [0.05, 0.1) is 11.1 Å². The van der Waals surface area contributed by atoms with Crippen LogP contribution in [0.1, 0.15) is 29.8 Å². The van der Waals surface area contributed by atoms with Crippen LogP contribution in [0.5, 0.6) is 5.75 Å². The van der Waals surface area contributed by atoms with Crippen LogP contribution in [-0.2, 0) is 11.0 Å². The largest absolute Gasteiger partial charge is 0.480 e. The number of aromatic carboxylic acids is 1. The van der Waals surface area contributed by atoms with Crippen molar-refractivity contribution in [2.24, 2.45) is 0 Å². The summed E-state index contributed by atoms with van der Waals surface area (Å²) in [7, 11) is 0. The fourth-order valence-corrected chi connectivity index (χ4v) is 1.55. The zero-order chi connectivity index (χ0) is 16.2. The molecule has 0 bridgehead atoms. The predicted octanol–water partition coefficient (Wildman–Crippen LogP) is 2.31. The normalized spacial score (nSPS) is 12.6. The summed E-state index contributed by atoms with van der Waals surface area (Å²) < 4.78 is 43.7. The van der Waals surface area contributed by atoms with Crippen molar-refractivity contribution in [3.8, 4) is 5.75 Å². The van der Waals surface area contributed by atoms with E-state index >= 15 is 0 Å². The maximum atomic E-state index is 12.9. The molecular formula is C13H14F3NO4. The van der Waals surface area contributed by atoms with Crippen LogP contribution < -0.4 is 10.1 Å². The number of carboxylic acids is 1. The Morgan fingerprint density at radius 1 is 1.38 bits per heavy atom. The van der Waals surface area contributed by atoms with Gasteiger partial charge in [0.1, 0.15) is 5.75 Å². The third-order valence-electron chi connectivity index (χ3n) is 2.56. The molecule has 8 heteroatoms. The van der Waals surface area contributed by atoms with E-state index in [2.05, 4.69) is 5.32 Å². The minimum atomic E-state index is -4.79. The Balaban J connectivity index is 3.12. The molecule has 0 aliphatic rings. The van der Waals surface area contributed by atoms with E-state index in [4.69, 9.17) is 9.84 Å². The van der Waals surface area contributed by atoms with Crippen molar-refractivity contribution >= 4 is 11.9 Å². The van der Waals surface area contributed by atoms with Crippen LogP contribution in [0.15, 0.2) is 18.2 Å². The zero-order valence-electron chi connectivity index (χ0n) is 11.3. The molecule has 5 nitrogen and oxygen atoms in total. The number of carbonyl (C=O) groups is 2. The number of carboxylic acid groups (broad SMARTS) is 1. The number of amides is 1. The Labute approximate surface area is 118 Å². The SMILES string of the molecule is CCNC(=O)C(C)Oc1ccc(C(=O)O)cc1C(F)(F)F. The van der Waals surface area contributed by atoms with Gasteiger partial charge in [-0.3, -0.25) is 4.79 Å². The summed E-state index contributed by atoms with van der Waals surface area (Å²) >= 11 is 0. The molecule has 2 N–H and O–H groups in total. The Hall–Kier alpha value is -2.25. The minimum Gasteiger partial charge on any atom is -0.480 e. The number of benzene rings is 1. The number of ether oxygens (including phenoxy) is 1. The van der Waals surface area contributed by atoms with Crippen LogP contribution >= 0.6 is 0 Å². The molecule has 1 rings (SSSR count). The lowest BCUT2D eigenvalue weighted by atomic mass is 10.1. The Morgan fingerprint density at radius 3 is 2.48 bits per heavy atom. The zero-order valence-corrected chi connectivity index (χ0v) is 11.3. The summed E-state index contributed by atoms with van der Waals surface area (Å²) in [6.07, 6.45) is -5.93. The van der Waals surface area contributed by atoms with Crippen LogP contribution in [0.4, 0.5) is 13.2 Å². The van der Waals surface area contributed by atoms with Gasteiger partial charge in [-0.05, 0) is 32.0 Å². The summed E-state index contributed by atoms with van der Waals surface area (Å²) in [5.41, 5.74) is -1.75. The number of alkyl halides is 3. The molecule has 0 aromatic heterocycles. The van der Waals surface area contributed by atoms with Gasteiger partial charge in [0.2, 0.25) is 0 Å². The van der Waals surface area contributed by atoms with Gasteiger partial charge in [0, 0.05) is 6.54 Å². The van der Waals surface area contributed by atoms with Crippen molar-refractivity contribution in [1.82, 2.24) is 5.32 Å². The van der Waals surface area contributed by atoms with E-state index in [1.165, 1.54) is 6.92 Å². The van der Waals surface area contributed by atoms with Gasteiger partial charge >= 0.3 is 12.1 Å². The van der Waals surface area contributed by atoms with E-state index in [1.807, 2.05) is 0 Å². The van der Waals surface area contributed by atoms with Crippen molar-refractivity contribution in [1.29, 1.82) is 0 Å². The predicted molar refractivity (Wildman–Crippen MR) is 67.2 cm³/mol. The molecule has 0 fully saturated rings. The van der Waals surface area contributed by atoms with Gasteiger partial charge in [-0.1, -0.05) is 0 Å². The molecule has 0 spiro atoms. The molecule has 1 amide bonds. The van der Waals surface area contributed by atoms with Gasteiger partial charge in [0.15, 0.2) is 6.10 Å². The van der Waals surface area contributed by atoms with Crippen molar-refractivity contribution < 1.29 is 32.6 Å². The first-order valence-corrected chi connectivity index (χ1v) is 6.05. The monoisotopic (exact) mass is 305 g/mol. The maximum absolute atomic E-state index is 12.9. The highest BCUT2D eigenvalue weighted by molar-refractivity contribution is 5.88. The second kappa shape index (κ2) is 6.47. The topological polar surface area (TPSA) is 75.6 Å². The molecule has 0 aliphatic heterocycles. The van der Waals surface area contributed by atoms with Crippen molar-refractivity contribution in [3.05, 3.63) is 29.3 Å². The van der Waals surface area contributed by atoms with Gasteiger partial charge in [-0.2, -0.15) is 13.2 Å². The quantitative estimate of drug-likeness (QED) is 0.875. The molecule has 1 unspecified atom stereocenters. The molecular weight excluding hydrogens is 291 g/mol. The molecule has 21 heavy (non-hydrogen) atoms. The molecule has 0 radical (unpaired) electrons. The number of rotatable bonds is 5. The second-order valence-corrected chi connectivity index (χ2v) is 4.17. The van der Waals surface area contributed by atoms with E-state index < -0.39 is 41.0 Å².